The molecule has 1 aliphatic heterocycles. The van der Waals surface area contributed by atoms with Gasteiger partial charge in [-0.05, 0) is 12.8 Å². The summed E-state index contributed by atoms with van der Waals surface area (Å²) in [4.78, 5) is 26.6. The Balaban J connectivity index is 1.72. The van der Waals surface area contributed by atoms with E-state index in [1.54, 1.807) is 25.6 Å². The third-order valence-corrected chi connectivity index (χ3v) is 3.84. The molecular weight excluding hydrogens is 294 g/mol. The predicted molar refractivity (Wildman–Crippen MR) is 85.1 cm³/mol. The highest BCUT2D eigenvalue weighted by atomic mass is 16.1. The van der Waals surface area contributed by atoms with Crippen molar-refractivity contribution in [3.63, 3.8) is 0 Å². The third kappa shape index (κ3) is 3.29. The Labute approximate surface area is 133 Å². The lowest BCUT2D eigenvalue weighted by molar-refractivity contribution is 0.522. The third-order valence-electron chi connectivity index (χ3n) is 3.84. The molecule has 0 aromatic carbocycles. The van der Waals surface area contributed by atoms with E-state index < -0.39 is 0 Å². The predicted octanol–water partition coefficient (Wildman–Crippen LogP) is 0.523. The van der Waals surface area contributed by atoms with Crippen LogP contribution < -0.4 is 15.8 Å². The smallest absolute Gasteiger partial charge is 0.293 e. The Morgan fingerprint density at radius 1 is 1.35 bits per heavy atom. The summed E-state index contributed by atoms with van der Waals surface area (Å²) in [5.74, 6) is 1.11. The molecule has 1 saturated heterocycles. The van der Waals surface area contributed by atoms with Gasteiger partial charge in [0.05, 0.1) is 12.4 Å². The Bertz CT molecular complexity index is 778. The molecule has 3 heterocycles. The number of anilines is 2. The molecule has 8 heteroatoms. The van der Waals surface area contributed by atoms with E-state index in [9.17, 15) is 4.79 Å². The SMILES string of the molecule is Cn1ccnc(N2CCC[C@@H](Nc3cnc(C#N)cn3)C2)c1=O. The summed E-state index contributed by atoms with van der Waals surface area (Å²) in [5.41, 5.74) is 0.198. The minimum absolute atomic E-state index is 0.0914. The molecule has 0 bridgehead atoms. The fourth-order valence-electron chi connectivity index (χ4n) is 2.66. The lowest BCUT2D eigenvalue weighted by Gasteiger charge is -2.33. The van der Waals surface area contributed by atoms with Crippen molar-refractivity contribution < 1.29 is 0 Å². The topological polar surface area (TPSA) is 99.7 Å². The first-order chi connectivity index (χ1) is 11.2. The van der Waals surface area contributed by atoms with E-state index in [-0.39, 0.29) is 17.3 Å². The van der Waals surface area contributed by atoms with Crippen LogP contribution in [0.2, 0.25) is 0 Å². The van der Waals surface area contributed by atoms with E-state index in [1.165, 1.54) is 10.8 Å². The molecule has 1 N–H and O–H groups in total. The average Bonchev–Trinajstić information content (AvgIpc) is 2.58. The monoisotopic (exact) mass is 311 g/mol. The number of rotatable bonds is 3. The summed E-state index contributed by atoms with van der Waals surface area (Å²) in [6.07, 6.45) is 8.22. The maximum absolute atomic E-state index is 12.2. The lowest BCUT2D eigenvalue weighted by atomic mass is 10.1. The van der Waals surface area contributed by atoms with Crippen LogP contribution in [0.4, 0.5) is 11.6 Å². The number of piperidine rings is 1. The number of aromatic nitrogens is 4. The summed E-state index contributed by atoms with van der Waals surface area (Å²) < 4.78 is 1.53. The minimum Gasteiger partial charge on any atom is -0.364 e. The number of hydrogen-bond donors (Lipinski definition) is 1. The van der Waals surface area contributed by atoms with Gasteiger partial charge in [-0.25, -0.2) is 15.0 Å². The van der Waals surface area contributed by atoms with Crippen molar-refractivity contribution in [3.05, 3.63) is 40.8 Å². The van der Waals surface area contributed by atoms with E-state index in [1.807, 2.05) is 11.0 Å². The fourth-order valence-corrected chi connectivity index (χ4v) is 2.66. The standard InChI is InChI=1S/C15H17N7O/c1-21-6-4-17-14(15(21)23)22-5-2-3-11(10-22)20-13-9-18-12(7-16)8-19-13/h4,6,8-9,11H,2-3,5,10H2,1H3,(H,19,20)/t11-/m1/s1. The number of nitrogens with one attached hydrogen (secondary N) is 1. The summed E-state index contributed by atoms with van der Waals surface area (Å²) in [5, 5.41) is 12.0. The number of hydrogen-bond acceptors (Lipinski definition) is 7. The lowest BCUT2D eigenvalue weighted by Crippen LogP contribution is -2.45. The van der Waals surface area contributed by atoms with Gasteiger partial charge in [0.25, 0.3) is 5.56 Å². The zero-order valence-corrected chi connectivity index (χ0v) is 12.8. The van der Waals surface area contributed by atoms with Crippen LogP contribution >= 0.6 is 0 Å². The molecule has 1 aliphatic rings. The van der Waals surface area contributed by atoms with Gasteiger partial charge in [0.2, 0.25) is 0 Å². The van der Waals surface area contributed by atoms with Crippen molar-refractivity contribution in [1.29, 1.82) is 5.26 Å². The van der Waals surface area contributed by atoms with E-state index in [4.69, 9.17) is 5.26 Å². The second-order valence-corrected chi connectivity index (χ2v) is 5.50. The molecule has 0 saturated carbocycles. The number of nitriles is 1. The number of aryl methyl sites for hydroxylation is 1. The maximum Gasteiger partial charge on any atom is 0.293 e. The molecule has 1 atom stereocenters. The van der Waals surface area contributed by atoms with E-state index in [0.29, 0.717) is 18.2 Å². The molecule has 3 rings (SSSR count). The zero-order valence-electron chi connectivity index (χ0n) is 12.8. The Hall–Kier alpha value is -2.95. The second-order valence-electron chi connectivity index (χ2n) is 5.50. The van der Waals surface area contributed by atoms with Crippen molar-refractivity contribution in [2.75, 3.05) is 23.3 Å². The van der Waals surface area contributed by atoms with Gasteiger partial charge in [0.1, 0.15) is 11.9 Å². The molecule has 0 unspecified atom stereocenters. The van der Waals surface area contributed by atoms with Gasteiger partial charge in [0.15, 0.2) is 11.5 Å². The van der Waals surface area contributed by atoms with Crippen molar-refractivity contribution in [2.24, 2.45) is 7.05 Å². The molecule has 23 heavy (non-hydrogen) atoms. The van der Waals surface area contributed by atoms with Crippen LogP contribution in [0, 0.1) is 11.3 Å². The summed E-state index contributed by atoms with van der Waals surface area (Å²) in [6, 6.07) is 2.09. The fraction of sp³-hybridized carbons (Fsp3) is 0.400. The highest BCUT2D eigenvalue weighted by molar-refractivity contribution is 5.40. The Morgan fingerprint density at radius 2 is 2.22 bits per heavy atom. The Kier molecular flexibility index (Phi) is 4.19. The van der Waals surface area contributed by atoms with Gasteiger partial charge in [-0.2, -0.15) is 5.26 Å². The van der Waals surface area contributed by atoms with Gasteiger partial charge in [0, 0.05) is 38.6 Å². The van der Waals surface area contributed by atoms with Gasteiger partial charge in [-0.1, -0.05) is 0 Å². The van der Waals surface area contributed by atoms with Crippen LogP contribution in [-0.2, 0) is 7.05 Å². The van der Waals surface area contributed by atoms with E-state index in [0.717, 1.165) is 19.4 Å². The molecule has 0 spiro atoms. The normalized spacial score (nSPS) is 17.6. The molecule has 0 amide bonds. The first kappa shape index (κ1) is 15.0. The van der Waals surface area contributed by atoms with Gasteiger partial charge in [-0.3, -0.25) is 4.79 Å². The van der Waals surface area contributed by atoms with Crippen LogP contribution in [0.3, 0.4) is 0 Å². The first-order valence-electron chi connectivity index (χ1n) is 7.42. The van der Waals surface area contributed by atoms with Crippen molar-refractivity contribution in [2.45, 2.75) is 18.9 Å². The van der Waals surface area contributed by atoms with Gasteiger partial charge >= 0.3 is 0 Å². The molecular formula is C15H17N7O. The minimum atomic E-state index is -0.0914. The molecule has 2 aromatic rings. The van der Waals surface area contributed by atoms with E-state index in [2.05, 4.69) is 20.3 Å². The van der Waals surface area contributed by atoms with Gasteiger partial charge in [-0.15, -0.1) is 0 Å². The zero-order chi connectivity index (χ0) is 16.2. The van der Waals surface area contributed by atoms with Crippen LogP contribution in [0.5, 0.6) is 0 Å². The number of nitrogens with zero attached hydrogens (tertiary/aromatic N) is 6. The summed E-state index contributed by atoms with van der Waals surface area (Å²) in [6.45, 7) is 1.48. The average molecular weight is 311 g/mol. The highest BCUT2D eigenvalue weighted by Crippen LogP contribution is 2.17. The highest BCUT2D eigenvalue weighted by Gasteiger charge is 2.23. The van der Waals surface area contributed by atoms with Crippen molar-refractivity contribution in [3.8, 4) is 6.07 Å². The largest absolute Gasteiger partial charge is 0.364 e. The first-order valence-corrected chi connectivity index (χ1v) is 7.42. The molecule has 0 aliphatic carbocycles. The molecule has 0 radical (unpaired) electrons. The van der Waals surface area contributed by atoms with Crippen LogP contribution in [0.25, 0.3) is 0 Å². The molecule has 118 valence electrons. The van der Waals surface area contributed by atoms with Crippen LogP contribution in [-0.4, -0.2) is 38.7 Å². The summed E-state index contributed by atoms with van der Waals surface area (Å²) in [7, 11) is 1.72. The van der Waals surface area contributed by atoms with Crippen LogP contribution in [0.15, 0.2) is 29.6 Å². The van der Waals surface area contributed by atoms with Crippen molar-refractivity contribution >= 4 is 11.6 Å². The second kappa shape index (κ2) is 6.44. The van der Waals surface area contributed by atoms with Crippen molar-refractivity contribution in [1.82, 2.24) is 19.5 Å². The molecule has 1 fully saturated rings. The van der Waals surface area contributed by atoms with Crippen LogP contribution in [0.1, 0.15) is 18.5 Å². The Morgan fingerprint density at radius 3 is 2.96 bits per heavy atom. The van der Waals surface area contributed by atoms with E-state index >= 15 is 0 Å². The summed E-state index contributed by atoms with van der Waals surface area (Å²) >= 11 is 0. The molecule has 2 aromatic heterocycles. The maximum atomic E-state index is 12.2. The van der Waals surface area contributed by atoms with Gasteiger partial charge < -0.3 is 14.8 Å². The molecule has 8 nitrogen and oxygen atoms in total. The quantitative estimate of drug-likeness (QED) is 0.882.